The summed E-state index contributed by atoms with van der Waals surface area (Å²) < 4.78 is 46.8. The number of fused-ring (bicyclic) bond motifs is 1. The number of aryl methyl sites for hydroxylation is 1. The van der Waals surface area contributed by atoms with Crippen molar-refractivity contribution in [1.82, 2.24) is 19.6 Å². The van der Waals surface area contributed by atoms with Crippen LogP contribution in [0.15, 0.2) is 120 Å². The lowest BCUT2D eigenvalue weighted by molar-refractivity contribution is -0.149. The van der Waals surface area contributed by atoms with E-state index in [4.69, 9.17) is 37.4 Å². The number of sulfonamides is 1. The minimum Gasteiger partial charge on any atom is -0.491 e. The fraction of sp³-hybridized carbons (Fsp3) is 0.472. The molecule has 0 bridgehead atoms. The van der Waals surface area contributed by atoms with E-state index in [2.05, 4.69) is 22.3 Å². The predicted molar refractivity (Wildman–Crippen MR) is 372 cm³/mol. The van der Waals surface area contributed by atoms with Crippen LogP contribution in [0, 0.1) is 12.3 Å². The van der Waals surface area contributed by atoms with E-state index in [1.807, 2.05) is 49.4 Å². The van der Waals surface area contributed by atoms with Gasteiger partial charge in [0.25, 0.3) is 39.6 Å². The first-order valence-electron chi connectivity index (χ1n) is 33.2. The molecule has 0 spiro atoms. The van der Waals surface area contributed by atoms with Gasteiger partial charge in [-0.3, -0.25) is 43.3 Å². The minimum absolute atomic E-state index is 0.0705. The number of unbranched alkanes of at least 4 members (excludes halogenated alkanes) is 15. The first kappa shape index (κ1) is 75.5. The van der Waals surface area contributed by atoms with Gasteiger partial charge in [-0.1, -0.05) is 214 Å². The molecule has 21 nitrogen and oxygen atoms in total. The van der Waals surface area contributed by atoms with Crippen molar-refractivity contribution in [3.05, 3.63) is 142 Å². The van der Waals surface area contributed by atoms with Crippen LogP contribution in [0.4, 0.5) is 32.3 Å². The van der Waals surface area contributed by atoms with Gasteiger partial charge >= 0.3 is 12.1 Å². The van der Waals surface area contributed by atoms with Crippen LogP contribution in [-0.2, 0) is 61.2 Å². The standard InChI is InChI=1S/C46H62ClN5O8S.C26H30ClN3O5/c1-4-5-6-7-8-9-10-11-12-13-14-15-16-17-18-23-32-60-40-29-28-35(61(57,58)49-37-26-21-20-25-36(37)47)33-38(40)48-42(53)41(52-44(55)45(59-3)50(2)46(52)56)43(54)51-31-30-34-24-19-22-27-39(34)51;1-6-35-24-23(33)30(25(34)29(24)15-17-10-8-7-9-11-17)20(21(31)26(3,4)5)22(32)28-19-14-16(2)12-13-18(19)27/h19-22,24-29,33,41,45,49H,4-18,23,30-32H2,1-3H3,(H,48,53);7-14,20,24H,6,15H2,1-5H3,(H,28,32). The average molecular weight is 1380 g/mol. The number of Topliss-reactive ketones (excluding diaryl/α,β-unsaturated/α-hetero) is 1. The average Bonchev–Trinajstić information content (AvgIpc) is 1.60. The molecule has 0 radical (unpaired) electrons. The largest absolute Gasteiger partial charge is 0.491 e. The zero-order chi connectivity index (χ0) is 69.7. The molecule has 4 atom stereocenters. The number of nitrogens with one attached hydrogen (secondary N) is 3. The number of anilines is 4. The van der Waals surface area contributed by atoms with E-state index in [0.717, 1.165) is 52.2 Å². The van der Waals surface area contributed by atoms with Crippen LogP contribution in [0.5, 0.6) is 5.75 Å². The van der Waals surface area contributed by atoms with Crippen LogP contribution in [0.2, 0.25) is 10.0 Å². The number of halogens is 2. The maximum absolute atomic E-state index is 14.5. The molecule has 3 aliphatic rings. The molecule has 0 aromatic heterocycles. The number of hydrogen-bond donors (Lipinski definition) is 3. The summed E-state index contributed by atoms with van der Waals surface area (Å²) in [5.41, 5.74) is 2.38. The van der Waals surface area contributed by atoms with E-state index in [9.17, 15) is 46.8 Å². The number of rotatable bonds is 34. The van der Waals surface area contributed by atoms with Crippen molar-refractivity contribution in [3.63, 3.8) is 0 Å². The van der Waals surface area contributed by atoms with E-state index in [1.165, 1.54) is 125 Å². The van der Waals surface area contributed by atoms with Crippen molar-refractivity contribution >= 4 is 103 Å². The molecule has 96 heavy (non-hydrogen) atoms. The summed E-state index contributed by atoms with van der Waals surface area (Å²) in [6.45, 7) is 11.4. The zero-order valence-electron chi connectivity index (χ0n) is 56.3. The minimum atomic E-state index is -4.26. The fourth-order valence-electron chi connectivity index (χ4n) is 11.7. The summed E-state index contributed by atoms with van der Waals surface area (Å²) in [6.07, 6.45) is 17.5. The molecule has 24 heteroatoms. The molecule has 3 N–H and O–H groups in total. The Morgan fingerprint density at radius 3 is 1.78 bits per heavy atom. The Balaban J connectivity index is 0.000000314. The topological polar surface area (TPSA) is 251 Å². The second-order valence-electron chi connectivity index (χ2n) is 25.2. The molecule has 3 heterocycles. The SMILES string of the molecule is CCCCCCCCCCCCCCCCCCOc1ccc(S(=O)(=O)Nc2ccccc2Cl)cc1NC(=O)C(C(=O)N1CCc2ccccc21)N1C(=O)C(OC)N(C)C1=O.CCOC1C(=O)N(C(C(=O)Nc2cc(C)ccc2Cl)C(=O)C(C)(C)C)C(=O)N1Cc1ccccc1. The highest BCUT2D eigenvalue weighted by Gasteiger charge is 2.55. The highest BCUT2D eigenvalue weighted by Crippen LogP contribution is 2.35. The van der Waals surface area contributed by atoms with Crippen molar-refractivity contribution in [2.75, 3.05) is 54.2 Å². The molecule has 2 saturated heterocycles. The number of carbonyl (C=O) groups is 8. The number of urea groups is 2. The number of para-hydroxylation sites is 2. The summed E-state index contributed by atoms with van der Waals surface area (Å²) in [4.78, 5) is 115. The van der Waals surface area contributed by atoms with Crippen molar-refractivity contribution in [2.45, 2.75) is 187 Å². The number of amides is 9. The first-order valence-corrected chi connectivity index (χ1v) is 35.4. The molecule has 3 aliphatic heterocycles. The summed E-state index contributed by atoms with van der Waals surface area (Å²) in [7, 11) is -1.67. The summed E-state index contributed by atoms with van der Waals surface area (Å²) >= 11 is 12.5. The van der Waals surface area contributed by atoms with Gasteiger partial charge < -0.3 is 29.7 Å². The summed E-state index contributed by atoms with van der Waals surface area (Å²) in [6, 6.07) is 26.3. The monoisotopic (exact) mass is 1380 g/mol. The van der Waals surface area contributed by atoms with Gasteiger partial charge in [0.1, 0.15) is 5.75 Å². The second-order valence-corrected chi connectivity index (χ2v) is 27.7. The van der Waals surface area contributed by atoms with Crippen molar-refractivity contribution < 1.29 is 61.0 Å². The molecule has 518 valence electrons. The van der Waals surface area contributed by atoms with Crippen molar-refractivity contribution in [1.29, 1.82) is 0 Å². The number of imide groups is 2. The normalized spacial score (nSPS) is 16.1. The van der Waals surface area contributed by atoms with Crippen molar-refractivity contribution in [3.8, 4) is 5.75 Å². The number of nitrogens with zero attached hydrogens (tertiary/aromatic N) is 5. The second kappa shape index (κ2) is 35.9. The Hall–Kier alpha value is -7.89. The number of carbonyl (C=O) groups excluding carboxylic acids is 8. The predicted octanol–water partition coefficient (Wildman–Crippen LogP) is 13.9. The maximum Gasteiger partial charge on any atom is 0.330 e. The number of likely N-dealkylation sites (N-methyl/N-ethyl adjacent to an activating group) is 1. The number of methoxy groups -OCH3 is 1. The Kier molecular flexibility index (Phi) is 28.2. The highest BCUT2D eigenvalue weighted by molar-refractivity contribution is 7.92. The van der Waals surface area contributed by atoms with E-state index < -0.39 is 87.4 Å². The van der Waals surface area contributed by atoms with Crippen LogP contribution in [0.25, 0.3) is 0 Å². The Bertz CT molecular complexity index is 3650. The van der Waals surface area contributed by atoms with E-state index in [0.29, 0.717) is 17.0 Å². The molecule has 4 unspecified atom stereocenters. The van der Waals surface area contributed by atoms with Gasteiger partial charge in [-0.15, -0.1) is 0 Å². The lowest BCUT2D eigenvalue weighted by Crippen LogP contribution is -2.57. The molecule has 9 amide bonds. The van der Waals surface area contributed by atoms with Gasteiger partial charge in [0.2, 0.25) is 12.5 Å². The van der Waals surface area contributed by atoms with Crippen LogP contribution in [0.3, 0.4) is 0 Å². The van der Waals surface area contributed by atoms with E-state index in [1.54, 1.807) is 76.2 Å². The Morgan fingerprint density at radius 1 is 0.625 bits per heavy atom. The van der Waals surface area contributed by atoms with E-state index in [-0.39, 0.29) is 64.1 Å². The lowest BCUT2D eigenvalue weighted by Gasteiger charge is -2.29. The summed E-state index contributed by atoms with van der Waals surface area (Å²) in [5, 5.41) is 5.75. The van der Waals surface area contributed by atoms with Gasteiger partial charge in [0.05, 0.1) is 45.2 Å². The molecular weight excluding hydrogens is 1290 g/mol. The first-order chi connectivity index (χ1) is 45.9. The number of ether oxygens (including phenoxy) is 3. The molecule has 5 aromatic rings. The van der Waals surface area contributed by atoms with Crippen LogP contribution < -0.4 is 25.0 Å². The van der Waals surface area contributed by atoms with Gasteiger partial charge in [-0.05, 0) is 91.9 Å². The highest BCUT2D eigenvalue weighted by atomic mass is 35.5. The van der Waals surface area contributed by atoms with Crippen LogP contribution >= 0.6 is 23.2 Å². The van der Waals surface area contributed by atoms with E-state index >= 15 is 0 Å². The Morgan fingerprint density at radius 2 is 1.18 bits per heavy atom. The number of benzene rings is 5. The zero-order valence-corrected chi connectivity index (χ0v) is 58.7. The van der Waals surface area contributed by atoms with Crippen molar-refractivity contribution in [2.24, 2.45) is 5.41 Å². The third-order valence-corrected chi connectivity index (χ3v) is 18.9. The molecule has 2 fully saturated rings. The fourth-order valence-corrected chi connectivity index (χ4v) is 13.2. The maximum atomic E-state index is 14.5. The lowest BCUT2D eigenvalue weighted by atomic mass is 9.85. The number of ketones is 1. The molecule has 8 rings (SSSR count). The van der Waals surface area contributed by atoms with Gasteiger partial charge in [0, 0.05) is 38.4 Å². The summed E-state index contributed by atoms with van der Waals surface area (Å²) in [5.74, 6) is -4.77. The van der Waals surface area contributed by atoms with Gasteiger partial charge in [0.15, 0.2) is 17.9 Å². The smallest absolute Gasteiger partial charge is 0.330 e. The van der Waals surface area contributed by atoms with Crippen LogP contribution in [0.1, 0.15) is 154 Å². The molecule has 0 saturated carbocycles. The van der Waals surface area contributed by atoms with Gasteiger partial charge in [-0.25, -0.2) is 27.8 Å². The third-order valence-electron chi connectivity index (χ3n) is 16.9. The van der Waals surface area contributed by atoms with Gasteiger partial charge in [-0.2, -0.15) is 0 Å². The Labute approximate surface area is 574 Å². The molecular formula is C72H92Cl2N8O13S. The third kappa shape index (κ3) is 19.7. The molecule has 0 aliphatic carbocycles. The number of hydrogen-bond acceptors (Lipinski definition) is 13. The van der Waals surface area contributed by atoms with Crippen LogP contribution in [-0.4, -0.2) is 134 Å². The molecule has 5 aromatic carbocycles. The quantitative estimate of drug-likeness (QED) is 0.0197.